The second-order valence-electron chi connectivity index (χ2n) is 6.22. The van der Waals surface area contributed by atoms with Crippen LogP contribution in [0.3, 0.4) is 0 Å². The summed E-state index contributed by atoms with van der Waals surface area (Å²) in [5.74, 6) is 0. The molecule has 100 valence electrons. The van der Waals surface area contributed by atoms with Gasteiger partial charge in [-0.15, -0.1) is 0 Å². The van der Waals surface area contributed by atoms with Gasteiger partial charge in [0.2, 0.25) is 0 Å². The van der Waals surface area contributed by atoms with Crippen LogP contribution in [0, 0.1) is 0 Å². The van der Waals surface area contributed by atoms with Gasteiger partial charge in [-0.3, -0.25) is 0 Å². The van der Waals surface area contributed by atoms with Crippen LogP contribution in [0.15, 0.2) is 0 Å². The first-order chi connectivity index (χ1) is 7.92. The molecule has 3 heteroatoms. The fourth-order valence-corrected chi connectivity index (χ4v) is 10.8. The number of rotatable bonds is 2. The van der Waals surface area contributed by atoms with Gasteiger partial charge >= 0.3 is 0 Å². The van der Waals surface area contributed by atoms with Crippen molar-refractivity contribution in [3.8, 4) is 0 Å². The minimum Gasteiger partial charge on any atom is -0.416 e. The zero-order chi connectivity index (χ0) is 10.8. The molecule has 0 spiro atoms. The molecular weight excluding hydrogens is 226 g/mol. The Hall–Kier alpha value is 0.137. The number of hydrogen-bond acceptors (Lipinski definition) is 2. The molecule has 3 aliphatic rings. The van der Waals surface area contributed by atoms with Crippen LogP contribution in [-0.4, -0.2) is 14.9 Å². The maximum Gasteiger partial charge on any atom is 0.198 e. The van der Waals surface area contributed by atoms with E-state index in [0.717, 1.165) is 17.7 Å². The molecule has 2 nitrogen and oxygen atoms in total. The third-order valence-corrected chi connectivity index (χ3v) is 11.2. The molecule has 1 saturated heterocycles. The molecule has 0 aromatic rings. The lowest BCUT2D eigenvalue weighted by Crippen LogP contribution is -2.48. The molecule has 3 rings (SSSR count). The Morgan fingerprint density at radius 3 is 1.65 bits per heavy atom. The molecule has 3 fully saturated rings. The van der Waals surface area contributed by atoms with E-state index in [0.29, 0.717) is 0 Å². The summed E-state index contributed by atoms with van der Waals surface area (Å²) in [4.78, 5) is 0. The van der Waals surface area contributed by atoms with Crippen LogP contribution < -0.4 is 6.15 Å². The molecule has 1 aliphatic heterocycles. The highest BCUT2D eigenvalue weighted by atomic mass is 28.4. The van der Waals surface area contributed by atoms with Crippen molar-refractivity contribution in [3.63, 3.8) is 0 Å². The van der Waals surface area contributed by atoms with E-state index >= 15 is 0 Å². The Balaban J connectivity index is 0.00000108. The normalized spacial score (nSPS) is 30.4. The highest BCUT2D eigenvalue weighted by molar-refractivity contribution is 6.77. The van der Waals surface area contributed by atoms with Gasteiger partial charge in [0.05, 0.1) is 0 Å². The second-order valence-corrected chi connectivity index (χ2v) is 10.6. The molecular formula is C14H29NOSi. The lowest BCUT2D eigenvalue weighted by atomic mass is 10.3. The van der Waals surface area contributed by atoms with Gasteiger partial charge in [0.15, 0.2) is 8.32 Å². The summed E-state index contributed by atoms with van der Waals surface area (Å²) in [5, 5.41) is 0. The molecule has 0 amide bonds. The van der Waals surface area contributed by atoms with E-state index in [1.165, 1.54) is 70.3 Å². The minimum absolute atomic E-state index is 0. The van der Waals surface area contributed by atoms with Crippen LogP contribution in [0.25, 0.3) is 0 Å². The Bertz CT molecular complexity index is 210. The van der Waals surface area contributed by atoms with E-state index in [1.54, 1.807) is 0 Å². The summed E-state index contributed by atoms with van der Waals surface area (Å²) in [6, 6.07) is 1.52. The second kappa shape index (κ2) is 5.85. The molecule has 0 bridgehead atoms. The summed E-state index contributed by atoms with van der Waals surface area (Å²) < 4.78 is 6.57. The molecule has 2 saturated carbocycles. The molecule has 1 heterocycles. The van der Waals surface area contributed by atoms with E-state index < -0.39 is 8.32 Å². The first-order valence-electron chi connectivity index (χ1n) is 7.56. The SMILES string of the molecule is C1CC[Si](C2CCCC2)(C2CCCC2)OC1.N. The quantitative estimate of drug-likeness (QED) is 0.721. The first-order valence-corrected chi connectivity index (χ1v) is 9.83. The molecule has 2 aliphatic carbocycles. The Labute approximate surface area is 107 Å². The van der Waals surface area contributed by atoms with Gasteiger partial charge in [-0.1, -0.05) is 57.8 Å². The van der Waals surface area contributed by atoms with Crippen LogP contribution in [-0.2, 0) is 4.43 Å². The summed E-state index contributed by atoms with van der Waals surface area (Å²) >= 11 is 0. The molecule has 0 aromatic heterocycles. The van der Waals surface area contributed by atoms with Crippen LogP contribution in [0.4, 0.5) is 0 Å². The Morgan fingerprint density at radius 1 is 0.706 bits per heavy atom. The third kappa shape index (κ3) is 2.47. The predicted molar refractivity (Wildman–Crippen MR) is 75.2 cm³/mol. The molecule has 0 unspecified atom stereocenters. The fraction of sp³-hybridized carbons (Fsp3) is 1.00. The van der Waals surface area contributed by atoms with E-state index in [-0.39, 0.29) is 6.15 Å². The number of hydrogen-bond donors (Lipinski definition) is 1. The lowest BCUT2D eigenvalue weighted by molar-refractivity contribution is 0.247. The lowest BCUT2D eigenvalue weighted by Gasteiger charge is -2.44. The zero-order valence-corrected chi connectivity index (χ0v) is 12.3. The van der Waals surface area contributed by atoms with Gasteiger partial charge in [-0.25, -0.2) is 0 Å². The van der Waals surface area contributed by atoms with Gasteiger partial charge in [0.25, 0.3) is 0 Å². The van der Waals surface area contributed by atoms with Gasteiger partial charge in [-0.2, -0.15) is 0 Å². The summed E-state index contributed by atoms with van der Waals surface area (Å²) in [6.45, 7) is 1.11. The van der Waals surface area contributed by atoms with E-state index in [2.05, 4.69) is 0 Å². The van der Waals surface area contributed by atoms with Crippen molar-refractivity contribution in [2.75, 3.05) is 6.61 Å². The Kier molecular flexibility index (Phi) is 4.67. The monoisotopic (exact) mass is 255 g/mol. The smallest absolute Gasteiger partial charge is 0.198 e. The van der Waals surface area contributed by atoms with Crippen molar-refractivity contribution in [2.24, 2.45) is 0 Å². The van der Waals surface area contributed by atoms with Crippen molar-refractivity contribution in [3.05, 3.63) is 0 Å². The predicted octanol–water partition coefficient (Wildman–Crippen LogP) is 4.79. The van der Waals surface area contributed by atoms with Crippen molar-refractivity contribution in [1.82, 2.24) is 6.15 Å². The van der Waals surface area contributed by atoms with E-state index in [4.69, 9.17) is 4.43 Å². The van der Waals surface area contributed by atoms with Crippen molar-refractivity contribution >= 4 is 8.32 Å². The third-order valence-electron chi connectivity index (χ3n) is 5.43. The maximum absolute atomic E-state index is 6.57. The van der Waals surface area contributed by atoms with Crippen LogP contribution >= 0.6 is 0 Å². The van der Waals surface area contributed by atoms with E-state index in [1.807, 2.05) is 0 Å². The van der Waals surface area contributed by atoms with Crippen LogP contribution in [0.5, 0.6) is 0 Å². The van der Waals surface area contributed by atoms with Crippen molar-refractivity contribution < 1.29 is 4.43 Å². The molecule has 3 N–H and O–H groups in total. The molecule has 17 heavy (non-hydrogen) atoms. The van der Waals surface area contributed by atoms with Gasteiger partial charge in [-0.05, 0) is 23.5 Å². The fourth-order valence-electron chi connectivity index (χ4n) is 4.64. The van der Waals surface area contributed by atoms with Crippen LogP contribution in [0.1, 0.15) is 64.2 Å². The summed E-state index contributed by atoms with van der Waals surface area (Å²) in [5.41, 5.74) is 2.10. The average Bonchev–Trinajstić information content (AvgIpc) is 3.04. The standard InChI is InChI=1S/C14H26OSi.H3N/c1-2-8-13(7-1)16(12-6-5-11-15-16)14-9-3-4-10-14;/h13-14H,1-12H2;1H3. The first kappa shape index (κ1) is 13.6. The zero-order valence-electron chi connectivity index (χ0n) is 11.3. The highest BCUT2D eigenvalue weighted by Gasteiger charge is 2.51. The average molecular weight is 255 g/mol. The highest BCUT2D eigenvalue weighted by Crippen LogP contribution is 2.53. The maximum atomic E-state index is 6.57. The topological polar surface area (TPSA) is 44.2 Å². The molecule has 0 aromatic carbocycles. The Morgan fingerprint density at radius 2 is 1.24 bits per heavy atom. The summed E-state index contributed by atoms with van der Waals surface area (Å²) in [7, 11) is -1.32. The largest absolute Gasteiger partial charge is 0.416 e. The summed E-state index contributed by atoms with van der Waals surface area (Å²) in [6.07, 6.45) is 14.9. The van der Waals surface area contributed by atoms with Gasteiger partial charge < -0.3 is 10.6 Å². The molecule has 0 radical (unpaired) electrons. The van der Waals surface area contributed by atoms with Gasteiger partial charge in [0.1, 0.15) is 0 Å². The van der Waals surface area contributed by atoms with E-state index in [9.17, 15) is 0 Å². The van der Waals surface area contributed by atoms with Crippen LogP contribution in [0.2, 0.25) is 17.1 Å². The van der Waals surface area contributed by atoms with Gasteiger partial charge in [0, 0.05) is 6.61 Å². The van der Waals surface area contributed by atoms with Crippen molar-refractivity contribution in [2.45, 2.75) is 81.3 Å². The van der Waals surface area contributed by atoms with Crippen molar-refractivity contribution in [1.29, 1.82) is 0 Å². The molecule has 0 atom stereocenters. The minimum atomic E-state index is -1.32.